The minimum absolute atomic E-state index is 0. The standard InChI is InChI=1S/C29H39NO3.C19H23NO3.C10H18O.CH4/c1-2-32-28(31)23-11-17-30(18-12-23)21-22-5-6-25-20-27(8-7-24(25)19-22)33-26-9-15-29(16-10-26)13-3-4-14-29;1-2-23-19(22)15-7-9-20(10-8-15)13-14-3-4-17-12-18(21)6-5-16(17)11-14;11-9-3-7-10(8-4-9)5-1-2-6-10;/h5-8,19-20,23,26H,2-4,9-18,21H2,1H3;3-6,11-12,15,21H,2,7-10,13H2,1H3;9,11H,1-8H2;1H4. The second-order valence-corrected chi connectivity index (χ2v) is 21.3. The summed E-state index contributed by atoms with van der Waals surface area (Å²) in [6, 6.07) is 25.1. The zero-order valence-electron chi connectivity index (χ0n) is 40.9. The molecule has 6 fully saturated rings. The maximum Gasteiger partial charge on any atom is 0.309 e. The Hall–Kier alpha value is -4.18. The molecule has 0 radical (unpaired) electrons. The van der Waals surface area contributed by atoms with E-state index in [0.29, 0.717) is 35.9 Å². The fourth-order valence-corrected chi connectivity index (χ4v) is 12.5. The first-order valence-corrected chi connectivity index (χ1v) is 26.5. The van der Waals surface area contributed by atoms with Crippen LogP contribution in [0.1, 0.15) is 161 Å². The lowest BCUT2D eigenvalue weighted by molar-refractivity contribution is -0.150. The summed E-state index contributed by atoms with van der Waals surface area (Å²) in [6.45, 7) is 10.3. The van der Waals surface area contributed by atoms with Gasteiger partial charge in [-0.3, -0.25) is 19.4 Å². The van der Waals surface area contributed by atoms with Gasteiger partial charge in [-0.2, -0.15) is 0 Å². The fourth-order valence-electron chi connectivity index (χ4n) is 12.5. The van der Waals surface area contributed by atoms with Gasteiger partial charge in [0.25, 0.3) is 0 Å². The predicted molar refractivity (Wildman–Crippen MR) is 275 cm³/mol. The van der Waals surface area contributed by atoms with Gasteiger partial charge in [-0.15, -0.1) is 0 Å². The highest BCUT2D eigenvalue weighted by Gasteiger charge is 2.39. The number of carbonyl (C=O) groups is 2. The number of aliphatic hydroxyl groups excluding tert-OH is 1. The van der Waals surface area contributed by atoms with Crippen LogP contribution in [0.5, 0.6) is 11.5 Å². The molecule has 6 aliphatic rings. The van der Waals surface area contributed by atoms with Crippen LogP contribution in [0, 0.1) is 22.7 Å². The second kappa shape index (κ2) is 24.6. The SMILES string of the molecule is C.CCOC(=O)C1CCN(Cc2ccc3cc(O)ccc3c2)CC1.CCOC(=O)C1CCN(Cc2ccc3cc(OC4CCC5(CCCC5)CC4)ccc3c2)CC1.OC1CCC2(CCCC2)CC1. The van der Waals surface area contributed by atoms with Gasteiger partial charge < -0.3 is 24.4 Å². The van der Waals surface area contributed by atoms with E-state index >= 15 is 0 Å². The number of aliphatic hydroxyl groups is 1. The highest BCUT2D eigenvalue weighted by atomic mass is 16.5. The molecule has 0 bridgehead atoms. The molecule has 2 spiro atoms. The molecule has 2 heterocycles. The fraction of sp³-hybridized carbons (Fsp3) is 0.627. The third-order valence-corrected chi connectivity index (χ3v) is 16.6. The van der Waals surface area contributed by atoms with E-state index in [-0.39, 0.29) is 37.3 Å². The summed E-state index contributed by atoms with van der Waals surface area (Å²) < 4.78 is 16.7. The number of ether oxygens (including phenoxy) is 3. The summed E-state index contributed by atoms with van der Waals surface area (Å²) in [6.07, 6.45) is 25.4. The molecule has 2 saturated heterocycles. The van der Waals surface area contributed by atoms with Gasteiger partial charge in [0.15, 0.2) is 0 Å². The van der Waals surface area contributed by atoms with Crippen LogP contribution in [-0.4, -0.2) is 83.6 Å². The van der Waals surface area contributed by atoms with Crippen LogP contribution in [0.4, 0.5) is 0 Å². The lowest BCUT2D eigenvalue weighted by Crippen LogP contribution is -2.36. The van der Waals surface area contributed by atoms with Gasteiger partial charge in [0.1, 0.15) is 11.5 Å². The van der Waals surface area contributed by atoms with Crippen molar-refractivity contribution in [2.24, 2.45) is 22.7 Å². The number of aromatic hydroxyl groups is 1. The molecule has 9 nitrogen and oxygen atoms in total. The van der Waals surface area contributed by atoms with E-state index in [1.807, 2.05) is 19.9 Å². The molecule has 4 aromatic carbocycles. The van der Waals surface area contributed by atoms with Gasteiger partial charge in [-0.1, -0.05) is 69.5 Å². The summed E-state index contributed by atoms with van der Waals surface area (Å²) in [4.78, 5) is 28.6. The van der Waals surface area contributed by atoms with Crippen LogP contribution in [0.15, 0.2) is 72.8 Å². The Morgan fingerprint density at radius 2 is 0.956 bits per heavy atom. The average molecular weight is 933 g/mol. The first-order valence-electron chi connectivity index (χ1n) is 26.5. The molecule has 372 valence electrons. The van der Waals surface area contributed by atoms with Crippen molar-refractivity contribution in [3.05, 3.63) is 83.9 Å². The molecule has 4 aromatic rings. The Balaban J connectivity index is 0.000000169. The maximum atomic E-state index is 12.0. The summed E-state index contributed by atoms with van der Waals surface area (Å²) in [7, 11) is 0. The predicted octanol–water partition coefficient (Wildman–Crippen LogP) is 12.9. The van der Waals surface area contributed by atoms with Crippen molar-refractivity contribution in [2.45, 2.75) is 175 Å². The molecule has 10 rings (SSSR count). The Morgan fingerprint density at radius 1 is 0.544 bits per heavy atom. The van der Waals surface area contributed by atoms with Gasteiger partial charge >= 0.3 is 11.9 Å². The Morgan fingerprint density at radius 3 is 1.43 bits per heavy atom. The van der Waals surface area contributed by atoms with E-state index in [0.717, 1.165) is 94.3 Å². The van der Waals surface area contributed by atoms with E-state index < -0.39 is 0 Å². The molecule has 0 amide bonds. The number of likely N-dealkylation sites (tertiary alicyclic amines) is 2. The van der Waals surface area contributed by atoms with Crippen LogP contribution >= 0.6 is 0 Å². The Kier molecular flexibility index (Phi) is 18.7. The van der Waals surface area contributed by atoms with Crippen molar-refractivity contribution in [1.29, 1.82) is 0 Å². The number of phenolic OH excluding ortho intramolecular Hbond substituents is 1. The molecular weight excluding hydrogens is 849 g/mol. The van der Waals surface area contributed by atoms with E-state index in [1.165, 1.54) is 112 Å². The summed E-state index contributed by atoms with van der Waals surface area (Å²) in [5, 5.41) is 23.6. The van der Waals surface area contributed by atoms with Crippen LogP contribution in [0.2, 0.25) is 0 Å². The third-order valence-electron chi connectivity index (χ3n) is 16.6. The lowest BCUT2D eigenvalue weighted by atomic mass is 9.72. The van der Waals surface area contributed by atoms with Gasteiger partial charge in [0.05, 0.1) is 37.3 Å². The van der Waals surface area contributed by atoms with Crippen LogP contribution in [0.3, 0.4) is 0 Å². The topological polar surface area (TPSA) is 109 Å². The number of nitrogens with zero attached hydrogens (tertiary/aromatic N) is 2. The van der Waals surface area contributed by atoms with E-state index in [2.05, 4.69) is 64.4 Å². The second-order valence-electron chi connectivity index (χ2n) is 21.3. The lowest BCUT2D eigenvalue weighted by Gasteiger charge is -2.37. The number of hydrogen-bond acceptors (Lipinski definition) is 9. The van der Waals surface area contributed by atoms with Crippen LogP contribution in [0.25, 0.3) is 21.5 Å². The number of hydrogen-bond donors (Lipinski definition) is 2. The molecular formula is C59H84N2O7. The van der Waals surface area contributed by atoms with Gasteiger partial charge in [0, 0.05) is 13.1 Å². The van der Waals surface area contributed by atoms with Crippen molar-refractivity contribution in [1.82, 2.24) is 9.80 Å². The average Bonchev–Trinajstić information content (AvgIpc) is 4.02. The molecule has 2 aliphatic heterocycles. The number of carbonyl (C=O) groups excluding carboxylic acids is 2. The van der Waals surface area contributed by atoms with Crippen LogP contribution < -0.4 is 4.74 Å². The van der Waals surface area contributed by atoms with E-state index in [4.69, 9.17) is 14.2 Å². The highest BCUT2D eigenvalue weighted by molar-refractivity contribution is 5.85. The number of fused-ring (bicyclic) bond motifs is 2. The molecule has 4 aliphatic carbocycles. The number of esters is 2. The van der Waals surface area contributed by atoms with Crippen molar-refractivity contribution in [2.75, 3.05) is 39.4 Å². The molecule has 68 heavy (non-hydrogen) atoms. The number of phenols is 1. The van der Waals surface area contributed by atoms with Crippen molar-refractivity contribution in [3.8, 4) is 11.5 Å². The van der Waals surface area contributed by atoms with Gasteiger partial charge in [-0.25, -0.2) is 0 Å². The summed E-state index contributed by atoms with van der Waals surface area (Å²) >= 11 is 0. The third kappa shape index (κ3) is 14.0. The molecule has 2 N–H and O–H groups in total. The monoisotopic (exact) mass is 933 g/mol. The smallest absolute Gasteiger partial charge is 0.309 e. The zero-order valence-corrected chi connectivity index (χ0v) is 40.9. The molecule has 9 heteroatoms. The van der Waals surface area contributed by atoms with Gasteiger partial charge in [-0.05, 0) is 223 Å². The minimum Gasteiger partial charge on any atom is -0.508 e. The van der Waals surface area contributed by atoms with E-state index in [1.54, 1.807) is 12.1 Å². The summed E-state index contributed by atoms with van der Waals surface area (Å²) in [5.41, 5.74) is 3.95. The number of rotatable bonds is 10. The van der Waals surface area contributed by atoms with Crippen LogP contribution in [-0.2, 0) is 32.2 Å². The highest BCUT2D eigenvalue weighted by Crippen LogP contribution is 2.50. The number of benzene rings is 4. The molecule has 0 unspecified atom stereocenters. The van der Waals surface area contributed by atoms with Crippen molar-refractivity contribution < 1.29 is 34.0 Å². The zero-order chi connectivity index (χ0) is 46.6. The molecule has 0 aromatic heterocycles. The normalized spacial score (nSPS) is 22.2. The molecule has 4 saturated carbocycles. The Labute approximate surface area is 408 Å². The Bertz CT molecular complexity index is 2190. The minimum atomic E-state index is -0.0438. The largest absolute Gasteiger partial charge is 0.508 e. The summed E-state index contributed by atoms with van der Waals surface area (Å²) in [5.74, 6) is 1.38. The first kappa shape index (κ1) is 51.7. The number of piperidine rings is 2. The quantitative estimate of drug-likeness (QED) is 0.150. The van der Waals surface area contributed by atoms with Crippen molar-refractivity contribution in [3.63, 3.8) is 0 Å². The van der Waals surface area contributed by atoms with Crippen molar-refractivity contribution >= 4 is 33.5 Å². The molecule has 0 atom stereocenters. The first-order chi connectivity index (χ1) is 32.6. The van der Waals surface area contributed by atoms with E-state index in [9.17, 15) is 19.8 Å². The maximum absolute atomic E-state index is 12.0. The van der Waals surface area contributed by atoms with Gasteiger partial charge in [0.2, 0.25) is 0 Å².